The molecule has 0 unspecified atom stereocenters. The minimum absolute atomic E-state index is 0.344. The second kappa shape index (κ2) is 5.40. The van der Waals surface area contributed by atoms with Crippen LogP contribution in [-0.4, -0.2) is 46.6 Å². The molecule has 0 atom stereocenters. The number of aryl methyl sites for hydroxylation is 1. The fourth-order valence-corrected chi connectivity index (χ4v) is 2.44. The predicted molar refractivity (Wildman–Crippen MR) is 77.8 cm³/mol. The van der Waals surface area contributed by atoms with Gasteiger partial charge in [0.15, 0.2) is 0 Å². The molecule has 0 saturated heterocycles. The molecule has 1 saturated carbocycles. The number of likely N-dealkylation sites (N-methyl/N-ethyl adjacent to an activating group) is 1. The van der Waals surface area contributed by atoms with Crippen LogP contribution in [-0.2, 0) is 4.79 Å². The molecule has 1 heterocycles. The molecule has 2 amide bonds. The number of rotatable bonds is 5. The lowest BCUT2D eigenvalue weighted by molar-refractivity contribution is -0.107. The zero-order valence-electron chi connectivity index (χ0n) is 11.3. The van der Waals surface area contributed by atoms with Gasteiger partial charge in [-0.25, -0.2) is 4.79 Å². The van der Waals surface area contributed by atoms with Crippen molar-refractivity contribution in [2.75, 3.05) is 18.5 Å². The molecule has 20 heavy (non-hydrogen) atoms. The summed E-state index contributed by atoms with van der Waals surface area (Å²) in [5.74, 6) is 0. The van der Waals surface area contributed by atoms with E-state index in [2.05, 4.69) is 20.9 Å². The molecule has 1 fully saturated rings. The maximum atomic E-state index is 11.3. The number of nitrogens with zero attached hydrogens (tertiary/aromatic N) is 3. The number of hydrogen-bond acceptors (Lipinski definition) is 3. The average Bonchev–Trinajstić information content (AvgIpc) is 3.19. The molecule has 0 aliphatic heterocycles. The van der Waals surface area contributed by atoms with E-state index in [0.29, 0.717) is 18.6 Å². The van der Waals surface area contributed by atoms with Gasteiger partial charge in [0, 0.05) is 18.1 Å². The van der Waals surface area contributed by atoms with Gasteiger partial charge >= 0.3 is 6.09 Å². The predicted octanol–water partition coefficient (Wildman–Crippen LogP) is 2.26. The molecule has 6 nitrogen and oxygen atoms in total. The van der Waals surface area contributed by atoms with Crippen molar-refractivity contribution in [1.82, 2.24) is 9.88 Å². The summed E-state index contributed by atoms with van der Waals surface area (Å²) in [7, 11) is 1.54. The van der Waals surface area contributed by atoms with Gasteiger partial charge < -0.3 is 14.9 Å². The van der Waals surface area contributed by atoms with E-state index in [1.54, 1.807) is 13.2 Å². The lowest BCUT2D eigenvalue weighted by atomic mass is 10.2. The van der Waals surface area contributed by atoms with Gasteiger partial charge in [0.2, 0.25) is 6.41 Å². The molecule has 0 aromatic carbocycles. The summed E-state index contributed by atoms with van der Waals surface area (Å²) in [6, 6.07) is 1.81. The zero-order chi connectivity index (χ0) is 14.9. The van der Waals surface area contributed by atoms with Crippen LogP contribution in [0.1, 0.15) is 18.5 Å². The van der Waals surface area contributed by atoms with Gasteiger partial charge in [-0.1, -0.05) is 0 Å². The first kappa shape index (κ1) is 14.8. The highest BCUT2D eigenvalue weighted by atomic mass is 79.9. The summed E-state index contributed by atoms with van der Waals surface area (Å²) in [5.41, 5.74) is 1.02. The van der Waals surface area contributed by atoms with E-state index in [-0.39, 0.29) is 0 Å². The van der Waals surface area contributed by atoms with E-state index in [9.17, 15) is 9.59 Å². The Kier molecular flexibility index (Phi) is 3.99. The fraction of sp³-hybridized carbons (Fsp3) is 0.462. The van der Waals surface area contributed by atoms with Crippen molar-refractivity contribution >= 4 is 34.1 Å². The molecule has 0 spiro atoms. The maximum absolute atomic E-state index is 11.3. The summed E-state index contributed by atoms with van der Waals surface area (Å²) in [5, 5.41) is 9.09. The van der Waals surface area contributed by atoms with Crippen LogP contribution in [0.15, 0.2) is 16.7 Å². The molecular weight excluding hydrogens is 326 g/mol. The Hall–Kier alpha value is -1.63. The molecule has 7 heteroatoms. The Morgan fingerprint density at radius 3 is 2.70 bits per heavy atom. The summed E-state index contributed by atoms with van der Waals surface area (Å²) >= 11 is 3.38. The normalized spacial score (nSPS) is 15.6. The monoisotopic (exact) mass is 341 g/mol. The Morgan fingerprint density at radius 1 is 1.60 bits per heavy atom. The number of hydrogen-bond donors (Lipinski definition) is 1. The first-order chi connectivity index (χ1) is 9.39. The van der Waals surface area contributed by atoms with Crippen molar-refractivity contribution in [1.29, 1.82) is 0 Å². The number of carbonyl (C=O) groups excluding carboxylic acids is 1. The topological polar surface area (TPSA) is 73.7 Å². The van der Waals surface area contributed by atoms with Crippen LogP contribution < -0.4 is 4.90 Å². The van der Waals surface area contributed by atoms with Crippen molar-refractivity contribution < 1.29 is 14.7 Å². The maximum Gasteiger partial charge on any atom is 0.407 e. The van der Waals surface area contributed by atoms with Crippen LogP contribution in [0.3, 0.4) is 0 Å². The van der Waals surface area contributed by atoms with Gasteiger partial charge in [0.25, 0.3) is 0 Å². The third-order valence-corrected chi connectivity index (χ3v) is 4.56. The van der Waals surface area contributed by atoms with Gasteiger partial charge in [-0.05, 0) is 41.8 Å². The van der Waals surface area contributed by atoms with Crippen molar-refractivity contribution in [3.8, 4) is 0 Å². The SMILES string of the molecule is Cc1ncc(N(C=O)CC2(N(C)C(=O)O)CC2)cc1Br. The fourth-order valence-electron chi connectivity index (χ4n) is 2.11. The zero-order valence-corrected chi connectivity index (χ0v) is 12.9. The van der Waals surface area contributed by atoms with Crippen LogP contribution >= 0.6 is 15.9 Å². The highest BCUT2D eigenvalue weighted by Crippen LogP contribution is 2.42. The number of anilines is 1. The van der Waals surface area contributed by atoms with Gasteiger partial charge in [-0.2, -0.15) is 0 Å². The summed E-state index contributed by atoms with van der Waals surface area (Å²) in [6.45, 7) is 2.20. The second-order valence-corrected chi connectivity index (χ2v) is 5.91. The van der Waals surface area contributed by atoms with E-state index in [0.717, 1.165) is 23.0 Å². The number of halogens is 1. The Balaban J connectivity index is 2.19. The molecule has 1 aliphatic rings. The van der Waals surface area contributed by atoms with Crippen molar-refractivity contribution in [3.63, 3.8) is 0 Å². The lowest BCUT2D eigenvalue weighted by Crippen LogP contribution is -2.46. The molecule has 2 rings (SSSR count). The third-order valence-electron chi connectivity index (χ3n) is 3.76. The van der Waals surface area contributed by atoms with Crippen LogP contribution in [0, 0.1) is 6.92 Å². The summed E-state index contributed by atoms with van der Waals surface area (Å²) in [4.78, 5) is 29.4. The molecule has 1 aromatic heterocycles. The standard InChI is InChI=1S/C13H16BrN3O3/c1-9-11(14)5-10(6-15-9)17(8-18)7-13(3-4-13)16(2)12(19)20/h5-6,8H,3-4,7H2,1-2H3,(H,19,20). The Labute approximate surface area is 125 Å². The average molecular weight is 342 g/mol. The number of carbonyl (C=O) groups is 2. The number of carboxylic acid groups (broad SMARTS) is 1. The number of pyridine rings is 1. The van der Waals surface area contributed by atoms with E-state index in [1.165, 1.54) is 9.80 Å². The lowest BCUT2D eigenvalue weighted by Gasteiger charge is -2.30. The third kappa shape index (κ3) is 2.77. The van der Waals surface area contributed by atoms with Gasteiger partial charge in [-0.15, -0.1) is 0 Å². The van der Waals surface area contributed by atoms with E-state index >= 15 is 0 Å². The number of amides is 2. The second-order valence-electron chi connectivity index (χ2n) is 5.06. The Bertz CT molecular complexity index is 546. The minimum atomic E-state index is -0.975. The minimum Gasteiger partial charge on any atom is -0.465 e. The molecule has 0 bridgehead atoms. The molecular formula is C13H16BrN3O3. The van der Waals surface area contributed by atoms with Crippen molar-refractivity contribution in [2.45, 2.75) is 25.3 Å². The number of aromatic nitrogens is 1. The van der Waals surface area contributed by atoms with E-state index in [4.69, 9.17) is 5.11 Å². The van der Waals surface area contributed by atoms with Gasteiger partial charge in [0.1, 0.15) is 0 Å². The highest BCUT2D eigenvalue weighted by molar-refractivity contribution is 9.10. The molecule has 1 aromatic rings. The molecule has 108 valence electrons. The summed E-state index contributed by atoms with van der Waals surface area (Å²) in [6.07, 6.45) is 2.89. The van der Waals surface area contributed by atoms with Crippen LogP contribution in [0.2, 0.25) is 0 Å². The van der Waals surface area contributed by atoms with Gasteiger partial charge in [-0.3, -0.25) is 9.78 Å². The van der Waals surface area contributed by atoms with Crippen molar-refractivity contribution in [2.24, 2.45) is 0 Å². The Morgan fingerprint density at radius 2 is 2.25 bits per heavy atom. The van der Waals surface area contributed by atoms with E-state index < -0.39 is 11.6 Å². The highest BCUT2D eigenvalue weighted by Gasteiger charge is 2.50. The van der Waals surface area contributed by atoms with Crippen LogP contribution in [0.25, 0.3) is 0 Å². The molecule has 0 radical (unpaired) electrons. The van der Waals surface area contributed by atoms with Crippen LogP contribution in [0.4, 0.5) is 10.5 Å². The summed E-state index contributed by atoms with van der Waals surface area (Å²) < 4.78 is 0.818. The van der Waals surface area contributed by atoms with Crippen molar-refractivity contribution in [3.05, 3.63) is 22.4 Å². The van der Waals surface area contributed by atoms with Crippen LogP contribution in [0.5, 0.6) is 0 Å². The van der Waals surface area contributed by atoms with Gasteiger partial charge in [0.05, 0.1) is 23.1 Å². The first-order valence-electron chi connectivity index (χ1n) is 6.20. The van der Waals surface area contributed by atoms with E-state index in [1.807, 2.05) is 13.0 Å². The molecule has 1 N–H and O–H groups in total. The smallest absolute Gasteiger partial charge is 0.407 e. The quantitative estimate of drug-likeness (QED) is 0.833. The molecule has 1 aliphatic carbocycles. The first-order valence-corrected chi connectivity index (χ1v) is 7.00. The largest absolute Gasteiger partial charge is 0.465 e.